The van der Waals surface area contributed by atoms with Gasteiger partial charge in [-0.1, -0.05) is 42.8 Å². The third-order valence-corrected chi connectivity index (χ3v) is 7.62. The number of hydrogen-bond donors (Lipinski definition) is 1. The van der Waals surface area contributed by atoms with Crippen molar-refractivity contribution in [2.45, 2.75) is 45.1 Å². The molecule has 0 saturated carbocycles. The molecule has 2 amide bonds. The Morgan fingerprint density at radius 2 is 1.68 bits per heavy atom. The van der Waals surface area contributed by atoms with E-state index in [0.717, 1.165) is 42.7 Å². The van der Waals surface area contributed by atoms with Gasteiger partial charge in [0.05, 0.1) is 30.6 Å². The molecule has 8 nitrogen and oxygen atoms in total. The number of ether oxygens (including phenoxy) is 1. The van der Waals surface area contributed by atoms with E-state index in [1.54, 1.807) is 18.2 Å². The van der Waals surface area contributed by atoms with Crippen molar-refractivity contribution in [2.75, 3.05) is 37.0 Å². The minimum atomic E-state index is -0.656. The fourth-order valence-corrected chi connectivity index (χ4v) is 5.63. The Kier molecular flexibility index (Phi) is 8.59. The van der Waals surface area contributed by atoms with Gasteiger partial charge in [0.1, 0.15) is 5.92 Å². The van der Waals surface area contributed by atoms with Gasteiger partial charge in [-0.3, -0.25) is 19.5 Å². The first-order valence-corrected chi connectivity index (χ1v) is 14.2. The van der Waals surface area contributed by atoms with Crippen LogP contribution in [-0.4, -0.2) is 61.2 Å². The molecule has 1 N–H and O–H groups in total. The molecule has 2 aliphatic rings. The van der Waals surface area contributed by atoms with E-state index in [0.29, 0.717) is 29.2 Å². The molecular formula is C33H36N4O4. The summed E-state index contributed by atoms with van der Waals surface area (Å²) in [5, 5.41) is 2.91. The van der Waals surface area contributed by atoms with E-state index in [2.05, 4.69) is 10.2 Å². The molecule has 0 spiro atoms. The number of benzene rings is 3. The summed E-state index contributed by atoms with van der Waals surface area (Å²) in [5.74, 6) is -1.24. The van der Waals surface area contributed by atoms with E-state index in [1.165, 1.54) is 13.5 Å². The van der Waals surface area contributed by atoms with Crippen LogP contribution in [0.2, 0.25) is 0 Å². The molecule has 1 fully saturated rings. The maximum Gasteiger partial charge on any atom is 0.337 e. The van der Waals surface area contributed by atoms with Crippen molar-refractivity contribution in [3.63, 3.8) is 0 Å². The molecule has 2 aliphatic heterocycles. The van der Waals surface area contributed by atoms with Gasteiger partial charge < -0.3 is 15.0 Å². The summed E-state index contributed by atoms with van der Waals surface area (Å²) in [6, 6.07) is 22.3. The Morgan fingerprint density at radius 3 is 2.34 bits per heavy atom. The van der Waals surface area contributed by atoms with E-state index in [-0.39, 0.29) is 17.9 Å². The van der Waals surface area contributed by atoms with E-state index < -0.39 is 11.9 Å². The van der Waals surface area contributed by atoms with Crippen molar-refractivity contribution in [2.24, 2.45) is 4.99 Å². The number of rotatable bonds is 8. The number of carbonyl (C=O) groups is 3. The highest BCUT2D eigenvalue weighted by atomic mass is 16.5. The van der Waals surface area contributed by atoms with Gasteiger partial charge in [0.15, 0.2) is 0 Å². The number of piperidine rings is 1. The number of nitrogens with one attached hydrogen (secondary N) is 1. The van der Waals surface area contributed by atoms with Gasteiger partial charge in [-0.15, -0.1) is 0 Å². The maximum atomic E-state index is 13.3. The van der Waals surface area contributed by atoms with Gasteiger partial charge in [-0.05, 0) is 87.3 Å². The first-order chi connectivity index (χ1) is 19.9. The average Bonchev–Trinajstić information content (AvgIpc) is 3.31. The zero-order chi connectivity index (χ0) is 28.9. The largest absolute Gasteiger partial charge is 0.465 e. The van der Waals surface area contributed by atoms with Gasteiger partial charge in [0.2, 0.25) is 11.8 Å². The minimum Gasteiger partial charge on any atom is -0.465 e. The van der Waals surface area contributed by atoms with E-state index in [4.69, 9.17) is 9.73 Å². The van der Waals surface area contributed by atoms with Crippen molar-refractivity contribution in [3.05, 3.63) is 89.5 Å². The topological polar surface area (TPSA) is 91.3 Å². The van der Waals surface area contributed by atoms with E-state index >= 15 is 0 Å². The fourth-order valence-electron chi connectivity index (χ4n) is 5.63. The van der Waals surface area contributed by atoms with Crippen LogP contribution in [0.1, 0.15) is 60.5 Å². The zero-order valence-corrected chi connectivity index (χ0v) is 23.8. The molecule has 0 aliphatic carbocycles. The van der Waals surface area contributed by atoms with Crippen molar-refractivity contribution in [1.29, 1.82) is 0 Å². The summed E-state index contributed by atoms with van der Waals surface area (Å²) >= 11 is 0. The lowest BCUT2D eigenvalue weighted by Gasteiger charge is -2.31. The molecule has 8 heteroatoms. The molecule has 3 aromatic rings. The third-order valence-electron chi connectivity index (χ3n) is 7.62. The van der Waals surface area contributed by atoms with Gasteiger partial charge in [0.25, 0.3) is 0 Å². The van der Waals surface area contributed by atoms with Gasteiger partial charge in [0, 0.05) is 17.4 Å². The first-order valence-electron chi connectivity index (χ1n) is 14.2. The van der Waals surface area contributed by atoms with Crippen LogP contribution in [0, 0.1) is 0 Å². The molecule has 0 radical (unpaired) electrons. The van der Waals surface area contributed by atoms with E-state index in [9.17, 15) is 14.4 Å². The molecule has 2 heterocycles. The smallest absolute Gasteiger partial charge is 0.337 e. The number of aliphatic imine (C=N–C) groups is 1. The lowest BCUT2D eigenvalue weighted by molar-refractivity contribution is -0.120. The Balaban J connectivity index is 1.46. The van der Waals surface area contributed by atoms with Gasteiger partial charge >= 0.3 is 5.97 Å². The lowest BCUT2D eigenvalue weighted by Crippen LogP contribution is -2.45. The highest BCUT2D eigenvalue weighted by Gasteiger charge is 2.36. The molecule has 41 heavy (non-hydrogen) atoms. The highest BCUT2D eigenvalue weighted by Crippen LogP contribution is 2.37. The summed E-state index contributed by atoms with van der Waals surface area (Å²) in [7, 11) is 1.33. The van der Waals surface area contributed by atoms with Crippen LogP contribution in [0.5, 0.6) is 0 Å². The molecule has 5 rings (SSSR count). The number of fused-ring (bicyclic) bond motifs is 1. The van der Waals surface area contributed by atoms with Crippen LogP contribution < -0.4 is 10.2 Å². The Morgan fingerprint density at radius 1 is 0.976 bits per heavy atom. The number of methoxy groups -OCH3 is 1. The van der Waals surface area contributed by atoms with Crippen LogP contribution in [0.25, 0.3) is 0 Å². The number of nitrogens with zero attached hydrogens (tertiary/aromatic N) is 3. The van der Waals surface area contributed by atoms with E-state index in [1.807, 2.05) is 73.3 Å². The van der Waals surface area contributed by atoms with Crippen LogP contribution in [0.3, 0.4) is 0 Å². The second-order valence-corrected chi connectivity index (χ2v) is 10.8. The van der Waals surface area contributed by atoms with Crippen molar-refractivity contribution >= 4 is 40.6 Å². The second kappa shape index (κ2) is 12.5. The molecule has 1 atom stereocenters. The Bertz CT molecular complexity index is 1440. The van der Waals surface area contributed by atoms with Gasteiger partial charge in [-0.25, -0.2) is 4.79 Å². The van der Waals surface area contributed by atoms with Crippen molar-refractivity contribution < 1.29 is 19.1 Å². The number of amides is 2. The predicted octanol–water partition coefficient (Wildman–Crippen LogP) is 5.56. The first kappa shape index (κ1) is 28.2. The van der Waals surface area contributed by atoms with Crippen LogP contribution in [0.4, 0.5) is 17.1 Å². The normalized spacial score (nSPS) is 17.2. The summed E-state index contributed by atoms with van der Waals surface area (Å²) in [5.41, 5.74) is 4.60. The summed E-state index contributed by atoms with van der Waals surface area (Å²) in [4.78, 5) is 47.7. The molecule has 1 saturated heterocycles. The number of hydrogen-bond acceptors (Lipinski definition) is 6. The predicted molar refractivity (Wildman–Crippen MR) is 161 cm³/mol. The maximum absolute atomic E-state index is 13.3. The van der Waals surface area contributed by atoms with Crippen LogP contribution in [0.15, 0.2) is 77.8 Å². The van der Waals surface area contributed by atoms with Crippen molar-refractivity contribution in [1.82, 2.24) is 4.90 Å². The SMILES string of the molecule is COC(=O)c1ccc2c(c1)NC(=O)C2C(=Nc1ccc(N(C(=O)CN2CCCCC2)C(C)C)cc1)c1ccccc1. The molecule has 3 aromatic carbocycles. The summed E-state index contributed by atoms with van der Waals surface area (Å²) in [6.07, 6.45) is 3.51. The number of esters is 1. The molecule has 0 bridgehead atoms. The second-order valence-electron chi connectivity index (χ2n) is 10.8. The van der Waals surface area contributed by atoms with Crippen molar-refractivity contribution in [3.8, 4) is 0 Å². The minimum absolute atomic E-state index is 0.00934. The Hall–Kier alpha value is -4.30. The molecule has 1 unspecified atom stereocenters. The standard InChI is InChI=1S/C33H36N4O4/c1-22(2)37(29(38)21-36-18-8-5-9-19-36)26-15-13-25(14-16-26)34-31(23-10-6-4-7-11-23)30-27-17-12-24(33(40)41-3)20-28(27)35-32(30)39/h4,6-7,10-17,20,22,30H,5,8-9,18-19,21H2,1-3H3,(H,35,39). The zero-order valence-electron chi connectivity index (χ0n) is 23.8. The number of carbonyl (C=O) groups excluding carboxylic acids is 3. The van der Waals surface area contributed by atoms with Crippen LogP contribution >= 0.6 is 0 Å². The monoisotopic (exact) mass is 552 g/mol. The summed E-state index contributed by atoms with van der Waals surface area (Å²) < 4.78 is 4.84. The number of likely N-dealkylation sites (tertiary alicyclic amines) is 1. The summed E-state index contributed by atoms with van der Waals surface area (Å²) in [6.45, 7) is 6.40. The average molecular weight is 553 g/mol. The molecule has 0 aromatic heterocycles. The quantitative estimate of drug-likeness (QED) is 0.292. The molecule has 212 valence electrons. The highest BCUT2D eigenvalue weighted by molar-refractivity contribution is 6.24. The fraction of sp³-hybridized carbons (Fsp3) is 0.333. The third kappa shape index (κ3) is 6.23. The molecular weight excluding hydrogens is 516 g/mol. The van der Waals surface area contributed by atoms with Crippen LogP contribution in [-0.2, 0) is 14.3 Å². The Labute approximate surface area is 241 Å². The lowest BCUT2D eigenvalue weighted by atomic mass is 9.90. The van der Waals surface area contributed by atoms with Gasteiger partial charge in [-0.2, -0.15) is 0 Å². The number of anilines is 2.